The molecule has 2 aromatic rings. The predicted molar refractivity (Wildman–Crippen MR) is 133 cm³/mol. The third-order valence-corrected chi connectivity index (χ3v) is 6.69. The molecule has 10 heteroatoms. The minimum atomic E-state index is -0.711. The van der Waals surface area contributed by atoms with Gasteiger partial charge >= 0.3 is 0 Å². The summed E-state index contributed by atoms with van der Waals surface area (Å²) >= 11 is 5.84. The van der Waals surface area contributed by atoms with Crippen LogP contribution in [0.2, 0.25) is 0 Å². The van der Waals surface area contributed by atoms with Crippen LogP contribution in [-0.4, -0.2) is 58.8 Å². The van der Waals surface area contributed by atoms with Crippen molar-refractivity contribution >= 4 is 46.5 Å². The first kappa shape index (κ1) is 23.6. The Morgan fingerprint density at radius 1 is 1.41 bits per heavy atom. The van der Waals surface area contributed by atoms with Crippen LogP contribution >= 0.6 is 12.2 Å². The SMILES string of the molecule is C=N/C(C#N)=C(\C=C(/C)N1C(=O)C2(CCC2)N(c2ccc3nn(CCOC)cc3c2)C1=S)OC. The lowest BCUT2D eigenvalue weighted by atomic mass is 9.75. The Labute approximate surface area is 203 Å². The lowest BCUT2D eigenvalue weighted by Crippen LogP contribution is -2.55. The molecule has 1 saturated heterocycles. The van der Waals surface area contributed by atoms with Gasteiger partial charge < -0.3 is 14.4 Å². The molecular formula is C24H26N6O3S. The minimum absolute atomic E-state index is 0.0329. The van der Waals surface area contributed by atoms with E-state index in [1.165, 1.54) is 12.0 Å². The number of carbonyl (C=O) groups is 1. The van der Waals surface area contributed by atoms with Crippen molar-refractivity contribution in [3.63, 3.8) is 0 Å². The molecule has 2 heterocycles. The number of methoxy groups -OCH3 is 2. The summed E-state index contributed by atoms with van der Waals surface area (Å²) < 4.78 is 12.3. The summed E-state index contributed by atoms with van der Waals surface area (Å²) in [4.78, 5) is 20.9. The number of hydrogen-bond acceptors (Lipinski definition) is 7. The molecule has 176 valence electrons. The molecule has 1 aliphatic carbocycles. The molecule has 2 fully saturated rings. The minimum Gasteiger partial charge on any atom is -0.494 e. The van der Waals surface area contributed by atoms with E-state index in [2.05, 4.69) is 16.8 Å². The third kappa shape index (κ3) is 3.77. The number of rotatable bonds is 8. The largest absolute Gasteiger partial charge is 0.494 e. The fourth-order valence-electron chi connectivity index (χ4n) is 4.44. The van der Waals surface area contributed by atoms with Crippen LogP contribution in [0.5, 0.6) is 0 Å². The molecule has 0 unspecified atom stereocenters. The maximum absolute atomic E-state index is 13.7. The second-order valence-electron chi connectivity index (χ2n) is 8.24. The third-order valence-electron chi connectivity index (χ3n) is 6.32. The maximum atomic E-state index is 13.7. The van der Waals surface area contributed by atoms with Crippen LogP contribution in [0.4, 0.5) is 5.69 Å². The van der Waals surface area contributed by atoms with E-state index in [9.17, 15) is 10.1 Å². The molecule has 4 rings (SSSR count). The molecule has 0 bridgehead atoms. The van der Waals surface area contributed by atoms with Crippen molar-refractivity contribution in [2.75, 3.05) is 25.7 Å². The van der Waals surface area contributed by atoms with E-state index < -0.39 is 5.54 Å². The Morgan fingerprint density at radius 3 is 2.76 bits per heavy atom. The van der Waals surface area contributed by atoms with E-state index in [1.54, 1.807) is 20.1 Å². The van der Waals surface area contributed by atoms with Crippen LogP contribution < -0.4 is 4.90 Å². The molecule has 1 saturated carbocycles. The van der Waals surface area contributed by atoms with Gasteiger partial charge in [-0.25, -0.2) is 4.99 Å². The summed E-state index contributed by atoms with van der Waals surface area (Å²) in [5, 5.41) is 15.2. The van der Waals surface area contributed by atoms with Gasteiger partial charge in [0.1, 0.15) is 11.6 Å². The van der Waals surface area contributed by atoms with Crippen LogP contribution in [0.3, 0.4) is 0 Å². The first-order chi connectivity index (χ1) is 16.4. The van der Waals surface area contributed by atoms with Gasteiger partial charge in [0.2, 0.25) is 0 Å². The van der Waals surface area contributed by atoms with Gasteiger partial charge in [0, 0.05) is 36.2 Å². The van der Waals surface area contributed by atoms with Crippen molar-refractivity contribution in [3.05, 3.63) is 47.6 Å². The first-order valence-electron chi connectivity index (χ1n) is 10.9. The number of aliphatic imine (C=N–C) groups is 1. The molecule has 0 radical (unpaired) electrons. The Kier molecular flexibility index (Phi) is 6.50. The number of ether oxygens (including phenoxy) is 2. The standard InChI is InChI=1S/C24H26N6O3S/c1-16(12-21(33-4)20(14-25)26-2)29-22(31)24(8-5-9-24)30(23(29)34)18-6-7-19-17(13-18)15-28(27-19)10-11-32-3/h6-7,12-13,15H,2,5,8-11H2,1,3-4H3/b16-12+,21-20+. The van der Waals surface area contributed by atoms with Crippen molar-refractivity contribution in [1.29, 1.82) is 5.26 Å². The number of nitriles is 1. The van der Waals surface area contributed by atoms with Gasteiger partial charge in [0.05, 0.1) is 25.8 Å². The number of nitrogens with zero attached hydrogens (tertiary/aromatic N) is 6. The summed E-state index contributed by atoms with van der Waals surface area (Å²) in [6.45, 7) is 6.40. The van der Waals surface area contributed by atoms with E-state index in [1.807, 2.05) is 40.0 Å². The van der Waals surface area contributed by atoms with Crippen molar-refractivity contribution in [2.24, 2.45) is 4.99 Å². The molecule has 2 aliphatic rings. The fraction of sp³-hybridized carbons (Fsp3) is 0.375. The highest BCUT2D eigenvalue weighted by atomic mass is 32.1. The van der Waals surface area contributed by atoms with Gasteiger partial charge in [-0.2, -0.15) is 10.4 Å². The zero-order chi connectivity index (χ0) is 24.5. The van der Waals surface area contributed by atoms with Gasteiger partial charge in [-0.15, -0.1) is 0 Å². The topological polar surface area (TPSA) is 96.0 Å². The molecule has 1 aliphatic heterocycles. The van der Waals surface area contributed by atoms with Crippen LogP contribution in [0.25, 0.3) is 10.9 Å². The van der Waals surface area contributed by atoms with Crippen molar-refractivity contribution in [2.45, 2.75) is 38.3 Å². The van der Waals surface area contributed by atoms with Crippen molar-refractivity contribution in [3.8, 4) is 6.07 Å². The quantitative estimate of drug-likeness (QED) is 0.188. The smallest absolute Gasteiger partial charge is 0.259 e. The maximum Gasteiger partial charge on any atom is 0.259 e. The highest BCUT2D eigenvalue weighted by Crippen LogP contribution is 2.48. The second-order valence-corrected chi connectivity index (χ2v) is 8.61. The predicted octanol–water partition coefficient (Wildman–Crippen LogP) is 3.52. The molecule has 0 atom stereocenters. The zero-order valence-electron chi connectivity index (χ0n) is 19.4. The van der Waals surface area contributed by atoms with Crippen LogP contribution in [0, 0.1) is 11.3 Å². The summed E-state index contributed by atoms with van der Waals surface area (Å²) in [6, 6.07) is 7.86. The van der Waals surface area contributed by atoms with E-state index >= 15 is 0 Å². The van der Waals surface area contributed by atoms with Gasteiger partial charge in [-0.3, -0.25) is 14.4 Å². The number of aromatic nitrogens is 2. The monoisotopic (exact) mass is 478 g/mol. The molecule has 1 spiro atoms. The average molecular weight is 479 g/mol. The zero-order valence-corrected chi connectivity index (χ0v) is 20.3. The molecule has 34 heavy (non-hydrogen) atoms. The number of thiocarbonyl (C=S) groups is 1. The number of anilines is 1. The van der Waals surface area contributed by atoms with E-state index in [0.29, 0.717) is 36.8 Å². The molecule has 1 aromatic carbocycles. The molecule has 1 amide bonds. The summed E-state index contributed by atoms with van der Waals surface area (Å²) in [5.41, 5.74) is 1.58. The van der Waals surface area contributed by atoms with E-state index in [4.69, 9.17) is 21.7 Å². The Bertz CT molecular complexity index is 1270. The normalized spacial score (nSPS) is 18.2. The summed E-state index contributed by atoms with van der Waals surface area (Å²) in [7, 11) is 3.10. The number of fused-ring (bicyclic) bond motifs is 1. The Balaban J connectivity index is 1.73. The molecule has 0 N–H and O–H groups in total. The highest BCUT2D eigenvalue weighted by Gasteiger charge is 2.59. The van der Waals surface area contributed by atoms with Crippen LogP contribution in [0.1, 0.15) is 26.2 Å². The number of carbonyl (C=O) groups excluding carboxylic acids is 1. The number of allylic oxidation sites excluding steroid dienone is 3. The number of amides is 1. The lowest BCUT2D eigenvalue weighted by Gasteiger charge is -2.43. The molecular weight excluding hydrogens is 452 g/mol. The van der Waals surface area contributed by atoms with Gasteiger partial charge in [0.25, 0.3) is 5.91 Å². The molecule has 9 nitrogen and oxygen atoms in total. The number of benzene rings is 1. The van der Waals surface area contributed by atoms with Crippen LogP contribution in [-0.2, 0) is 20.8 Å². The van der Waals surface area contributed by atoms with Crippen molar-refractivity contribution < 1.29 is 14.3 Å². The fourth-order valence-corrected chi connectivity index (χ4v) is 4.95. The van der Waals surface area contributed by atoms with Gasteiger partial charge in [-0.1, -0.05) is 0 Å². The van der Waals surface area contributed by atoms with Crippen LogP contribution in [0.15, 0.2) is 52.6 Å². The van der Waals surface area contributed by atoms with Gasteiger partial charge in [-0.05, 0) is 63.3 Å². The van der Waals surface area contributed by atoms with Crippen molar-refractivity contribution in [1.82, 2.24) is 14.7 Å². The number of hydrogen-bond donors (Lipinski definition) is 0. The summed E-state index contributed by atoms with van der Waals surface area (Å²) in [6.07, 6.45) is 5.94. The Hall–Kier alpha value is -3.55. The van der Waals surface area contributed by atoms with Gasteiger partial charge in [0.15, 0.2) is 16.6 Å². The first-order valence-corrected chi connectivity index (χ1v) is 11.3. The highest BCUT2D eigenvalue weighted by molar-refractivity contribution is 7.80. The summed E-state index contributed by atoms with van der Waals surface area (Å²) in [5.74, 6) is 0.144. The Morgan fingerprint density at radius 2 is 2.18 bits per heavy atom. The second kappa shape index (κ2) is 9.37. The van der Waals surface area contributed by atoms with E-state index in [-0.39, 0.29) is 17.4 Å². The van der Waals surface area contributed by atoms with E-state index in [0.717, 1.165) is 23.0 Å². The average Bonchev–Trinajstić information content (AvgIpc) is 3.31. The molecule has 1 aromatic heterocycles. The lowest BCUT2D eigenvalue weighted by molar-refractivity contribution is -0.131.